The summed E-state index contributed by atoms with van der Waals surface area (Å²) in [6, 6.07) is 20.3. The normalized spacial score (nSPS) is 17.8. The van der Waals surface area contributed by atoms with Crippen molar-refractivity contribution >= 4 is 29.0 Å². The Labute approximate surface area is 160 Å². The summed E-state index contributed by atoms with van der Waals surface area (Å²) < 4.78 is 12.6. The van der Waals surface area contributed by atoms with Crippen LogP contribution in [-0.4, -0.2) is 18.3 Å². The van der Waals surface area contributed by atoms with E-state index in [9.17, 15) is 0 Å². The fourth-order valence-corrected chi connectivity index (χ4v) is 3.47. The molecule has 1 heterocycles. The highest BCUT2D eigenvalue weighted by atomic mass is 16.7. The standard InChI is InChI=1S/C23H22BNO2/c1-22(2)23(3,4)27-24(26-22)21-15-14-18(19-8-6-7-9-20(19)21)16-10-12-17(25-5)13-11-16/h6-15H,1-4H3. The third kappa shape index (κ3) is 2.94. The first-order chi connectivity index (χ1) is 12.8. The molecule has 0 spiro atoms. The van der Waals surface area contributed by atoms with Crippen LogP contribution >= 0.6 is 0 Å². The van der Waals surface area contributed by atoms with E-state index in [1.54, 1.807) is 0 Å². The molecule has 1 fully saturated rings. The summed E-state index contributed by atoms with van der Waals surface area (Å²) in [7, 11) is -0.390. The summed E-state index contributed by atoms with van der Waals surface area (Å²) in [5, 5.41) is 2.28. The van der Waals surface area contributed by atoms with E-state index in [1.807, 2.05) is 36.4 Å². The molecule has 0 saturated carbocycles. The Morgan fingerprint density at radius 3 is 1.96 bits per heavy atom. The van der Waals surface area contributed by atoms with E-state index in [2.05, 4.69) is 56.8 Å². The third-order valence-corrected chi connectivity index (χ3v) is 5.77. The largest absolute Gasteiger partial charge is 0.495 e. The molecule has 1 aliphatic heterocycles. The molecular formula is C23H22BNO2. The van der Waals surface area contributed by atoms with Gasteiger partial charge in [-0.1, -0.05) is 60.7 Å². The second-order valence-corrected chi connectivity index (χ2v) is 7.99. The van der Waals surface area contributed by atoms with E-state index in [0.717, 1.165) is 27.4 Å². The number of hydrogen-bond donors (Lipinski definition) is 0. The molecule has 3 nitrogen and oxygen atoms in total. The first-order valence-corrected chi connectivity index (χ1v) is 9.17. The number of benzene rings is 3. The van der Waals surface area contributed by atoms with Gasteiger partial charge < -0.3 is 9.31 Å². The van der Waals surface area contributed by atoms with Gasteiger partial charge in [-0.05, 0) is 55.1 Å². The fraction of sp³-hybridized carbons (Fsp3) is 0.261. The van der Waals surface area contributed by atoms with Crippen LogP contribution < -0.4 is 5.46 Å². The van der Waals surface area contributed by atoms with E-state index in [-0.39, 0.29) is 11.2 Å². The predicted molar refractivity (Wildman–Crippen MR) is 111 cm³/mol. The summed E-state index contributed by atoms with van der Waals surface area (Å²) in [6.07, 6.45) is 0. The maximum atomic E-state index is 7.14. The average Bonchev–Trinajstić information content (AvgIpc) is 2.88. The summed E-state index contributed by atoms with van der Waals surface area (Å²) in [6.45, 7) is 15.4. The van der Waals surface area contributed by atoms with Crippen molar-refractivity contribution in [2.24, 2.45) is 0 Å². The lowest BCUT2D eigenvalue weighted by Crippen LogP contribution is -2.41. The lowest BCUT2D eigenvalue weighted by Gasteiger charge is -2.32. The first kappa shape index (κ1) is 17.8. The van der Waals surface area contributed by atoms with Gasteiger partial charge in [-0.3, -0.25) is 0 Å². The Hall–Kier alpha value is -2.61. The molecule has 0 unspecified atom stereocenters. The zero-order valence-electron chi connectivity index (χ0n) is 16.1. The minimum absolute atomic E-state index is 0.368. The summed E-state index contributed by atoms with van der Waals surface area (Å²) >= 11 is 0. The molecule has 27 heavy (non-hydrogen) atoms. The van der Waals surface area contributed by atoms with Crippen molar-refractivity contribution < 1.29 is 9.31 Å². The molecule has 1 saturated heterocycles. The maximum absolute atomic E-state index is 7.14. The van der Waals surface area contributed by atoms with Gasteiger partial charge in [0.2, 0.25) is 0 Å². The Morgan fingerprint density at radius 1 is 0.778 bits per heavy atom. The molecule has 0 bridgehead atoms. The number of fused-ring (bicyclic) bond motifs is 1. The Morgan fingerprint density at radius 2 is 1.37 bits per heavy atom. The van der Waals surface area contributed by atoms with Crippen LogP contribution in [0.5, 0.6) is 0 Å². The van der Waals surface area contributed by atoms with Crippen LogP contribution in [0.4, 0.5) is 5.69 Å². The van der Waals surface area contributed by atoms with Gasteiger partial charge >= 0.3 is 7.12 Å². The second kappa shape index (κ2) is 6.23. The van der Waals surface area contributed by atoms with E-state index >= 15 is 0 Å². The van der Waals surface area contributed by atoms with E-state index < -0.39 is 7.12 Å². The lowest BCUT2D eigenvalue weighted by atomic mass is 9.75. The summed E-state index contributed by atoms with van der Waals surface area (Å²) in [5.41, 5.74) is 3.20. The van der Waals surface area contributed by atoms with Crippen molar-refractivity contribution in [2.45, 2.75) is 38.9 Å². The maximum Gasteiger partial charge on any atom is 0.495 e. The molecule has 0 amide bonds. The van der Waals surface area contributed by atoms with Crippen molar-refractivity contribution in [1.82, 2.24) is 0 Å². The molecule has 134 valence electrons. The third-order valence-electron chi connectivity index (χ3n) is 5.77. The van der Waals surface area contributed by atoms with Crippen LogP contribution in [0.25, 0.3) is 26.7 Å². The van der Waals surface area contributed by atoms with Crippen molar-refractivity contribution in [3.8, 4) is 11.1 Å². The molecule has 0 aromatic heterocycles. The van der Waals surface area contributed by atoms with Gasteiger partial charge in [0.1, 0.15) is 0 Å². The summed E-state index contributed by atoms with van der Waals surface area (Å²) in [4.78, 5) is 3.48. The SMILES string of the molecule is [C-]#[N+]c1ccc(-c2ccc(B3OC(C)(C)C(C)(C)O3)c3ccccc23)cc1. The van der Waals surface area contributed by atoms with Gasteiger partial charge in [0.05, 0.1) is 17.8 Å². The van der Waals surface area contributed by atoms with Gasteiger partial charge in [0.25, 0.3) is 0 Å². The first-order valence-electron chi connectivity index (χ1n) is 9.17. The molecule has 0 atom stereocenters. The van der Waals surface area contributed by atoms with Crippen molar-refractivity contribution in [3.63, 3.8) is 0 Å². The molecule has 3 aromatic rings. The van der Waals surface area contributed by atoms with Crippen molar-refractivity contribution in [1.29, 1.82) is 0 Å². The molecular weight excluding hydrogens is 333 g/mol. The van der Waals surface area contributed by atoms with Crippen molar-refractivity contribution in [3.05, 3.63) is 72.1 Å². The van der Waals surface area contributed by atoms with Gasteiger partial charge in [0, 0.05) is 0 Å². The lowest BCUT2D eigenvalue weighted by molar-refractivity contribution is 0.00578. The van der Waals surface area contributed by atoms with E-state index in [4.69, 9.17) is 15.9 Å². The molecule has 4 rings (SSSR count). The summed E-state index contributed by atoms with van der Waals surface area (Å²) in [5.74, 6) is 0. The number of rotatable bonds is 2. The average molecular weight is 355 g/mol. The number of nitrogens with zero attached hydrogens (tertiary/aromatic N) is 1. The highest BCUT2D eigenvalue weighted by Crippen LogP contribution is 2.38. The van der Waals surface area contributed by atoms with Crippen molar-refractivity contribution in [2.75, 3.05) is 0 Å². The van der Waals surface area contributed by atoms with E-state index in [0.29, 0.717) is 5.69 Å². The van der Waals surface area contributed by atoms with Gasteiger partial charge in [0.15, 0.2) is 5.69 Å². The molecule has 0 radical (unpaired) electrons. The van der Waals surface area contributed by atoms with Crippen LogP contribution in [0.2, 0.25) is 0 Å². The van der Waals surface area contributed by atoms with Crippen LogP contribution in [0, 0.1) is 6.57 Å². The van der Waals surface area contributed by atoms with Crippen LogP contribution in [0.15, 0.2) is 60.7 Å². The topological polar surface area (TPSA) is 22.8 Å². The van der Waals surface area contributed by atoms with Gasteiger partial charge in [-0.25, -0.2) is 4.85 Å². The quantitative estimate of drug-likeness (QED) is 0.456. The highest BCUT2D eigenvalue weighted by Gasteiger charge is 2.52. The van der Waals surface area contributed by atoms with Gasteiger partial charge in [-0.2, -0.15) is 0 Å². The van der Waals surface area contributed by atoms with Crippen LogP contribution in [0.3, 0.4) is 0 Å². The smallest absolute Gasteiger partial charge is 0.399 e. The molecule has 1 aliphatic rings. The second-order valence-electron chi connectivity index (χ2n) is 7.99. The fourth-order valence-electron chi connectivity index (χ4n) is 3.47. The Balaban J connectivity index is 1.83. The Bertz CT molecular complexity index is 1030. The minimum atomic E-state index is -0.390. The monoisotopic (exact) mass is 355 g/mol. The molecule has 3 aromatic carbocycles. The zero-order valence-corrected chi connectivity index (χ0v) is 16.1. The zero-order chi connectivity index (χ0) is 19.2. The van der Waals surface area contributed by atoms with Gasteiger partial charge in [-0.15, -0.1) is 0 Å². The molecule has 0 aliphatic carbocycles. The van der Waals surface area contributed by atoms with E-state index in [1.165, 1.54) is 0 Å². The highest BCUT2D eigenvalue weighted by molar-refractivity contribution is 6.65. The van der Waals surface area contributed by atoms with Crippen LogP contribution in [-0.2, 0) is 9.31 Å². The molecule has 0 N–H and O–H groups in total. The van der Waals surface area contributed by atoms with Crippen LogP contribution in [0.1, 0.15) is 27.7 Å². The molecule has 4 heteroatoms. The number of hydrogen-bond acceptors (Lipinski definition) is 2. The minimum Gasteiger partial charge on any atom is -0.399 e. The Kier molecular flexibility index (Phi) is 4.11. The predicted octanol–water partition coefficient (Wildman–Crippen LogP) is 5.36.